The van der Waals surface area contributed by atoms with Gasteiger partial charge in [-0.15, -0.1) is 0 Å². The summed E-state index contributed by atoms with van der Waals surface area (Å²) in [7, 11) is 0. The average Bonchev–Trinajstić information content (AvgIpc) is 3.51. The van der Waals surface area contributed by atoms with Gasteiger partial charge in [0.1, 0.15) is 23.4 Å². The normalized spacial score (nSPS) is 20.3. The Bertz CT molecular complexity index is 1350. The zero-order valence-corrected chi connectivity index (χ0v) is 22.7. The number of ether oxygens (including phenoxy) is 4. The van der Waals surface area contributed by atoms with E-state index in [2.05, 4.69) is 44.2 Å². The van der Waals surface area contributed by atoms with Crippen molar-refractivity contribution in [1.82, 2.24) is 0 Å². The minimum absolute atomic E-state index is 0.0306. The van der Waals surface area contributed by atoms with Gasteiger partial charge in [-0.05, 0) is 97.0 Å². The van der Waals surface area contributed by atoms with Crippen LogP contribution in [0, 0.1) is 19.8 Å². The van der Waals surface area contributed by atoms with Gasteiger partial charge in [0, 0.05) is 30.8 Å². The quantitative estimate of drug-likeness (QED) is 0.347. The molecule has 0 saturated carbocycles. The van der Waals surface area contributed by atoms with Crippen molar-refractivity contribution in [2.24, 2.45) is 5.92 Å². The van der Waals surface area contributed by atoms with Gasteiger partial charge in [-0.1, -0.05) is 24.3 Å². The monoisotopic (exact) mass is 528 g/mol. The molecule has 6 heteroatoms. The fourth-order valence-electron chi connectivity index (χ4n) is 6.41. The second kappa shape index (κ2) is 10.9. The van der Waals surface area contributed by atoms with Crippen LogP contribution < -0.4 is 14.2 Å². The molecule has 3 aromatic rings. The summed E-state index contributed by atoms with van der Waals surface area (Å²) in [5.41, 5.74) is 8.53. The highest BCUT2D eigenvalue weighted by Crippen LogP contribution is 2.44. The molecule has 204 valence electrons. The van der Waals surface area contributed by atoms with Crippen molar-refractivity contribution in [3.63, 3.8) is 0 Å². The maximum absolute atomic E-state index is 11.2. The van der Waals surface area contributed by atoms with Crippen molar-refractivity contribution in [2.45, 2.75) is 58.0 Å². The van der Waals surface area contributed by atoms with Gasteiger partial charge < -0.3 is 24.1 Å². The molecule has 6 rings (SSSR count). The molecule has 6 nitrogen and oxygen atoms in total. The molecule has 0 spiro atoms. The molecule has 1 saturated heterocycles. The SMILES string of the molecule is Cc1cc(OCC2CCOCC2)cc(C)c1-c1cccc2c1CC[C@H]2Oc1ccc2c(c1)OC[C@H]2CC(=O)O. The Morgan fingerprint density at radius 3 is 2.54 bits per heavy atom. The van der Waals surface area contributed by atoms with E-state index in [1.807, 2.05) is 18.2 Å². The molecule has 1 N–H and O–H groups in total. The summed E-state index contributed by atoms with van der Waals surface area (Å²) < 4.78 is 24.0. The third-order valence-corrected chi connectivity index (χ3v) is 8.38. The highest BCUT2D eigenvalue weighted by atomic mass is 16.5. The molecular formula is C33H36O6. The van der Waals surface area contributed by atoms with Crippen LogP contribution in [-0.4, -0.2) is 37.5 Å². The number of carboxylic acid groups (broad SMARTS) is 1. The molecule has 3 aliphatic rings. The first-order valence-electron chi connectivity index (χ1n) is 14.1. The lowest BCUT2D eigenvalue weighted by molar-refractivity contribution is -0.137. The zero-order chi connectivity index (χ0) is 26.9. The molecule has 0 radical (unpaired) electrons. The van der Waals surface area contributed by atoms with E-state index in [1.165, 1.54) is 33.4 Å². The van der Waals surface area contributed by atoms with Crippen molar-refractivity contribution in [1.29, 1.82) is 0 Å². The second-order valence-electron chi connectivity index (χ2n) is 11.1. The van der Waals surface area contributed by atoms with Crippen LogP contribution in [0.4, 0.5) is 0 Å². The van der Waals surface area contributed by atoms with E-state index in [-0.39, 0.29) is 18.4 Å². The number of carboxylic acids is 1. The highest BCUT2D eigenvalue weighted by Gasteiger charge is 2.30. The van der Waals surface area contributed by atoms with Crippen LogP contribution in [0.5, 0.6) is 17.2 Å². The van der Waals surface area contributed by atoms with Crippen LogP contribution in [0.3, 0.4) is 0 Å². The Kier molecular flexibility index (Phi) is 7.22. The van der Waals surface area contributed by atoms with Gasteiger partial charge in [-0.3, -0.25) is 4.79 Å². The van der Waals surface area contributed by atoms with Crippen LogP contribution in [0.1, 0.15) is 65.5 Å². The van der Waals surface area contributed by atoms with Gasteiger partial charge in [-0.25, -0.2) is 0 Å². The number of benzene rings is 3. The first-order valence-corrected chi connectivity index (χ1v) is 14.1. The van der Waals surface area contributed by atoms with Gasteiger partial charge in [0.05, 0.1) is 19.6 Å². The predicted octanol–water partition coefficient (Wildman–Crippen LogP) is 6.79. The summed E-state index contributed by atoms with van der Waals surface area (Å²) in [5, 5.41) is 9.17. The van der Waals surface area contributed by atoms with Crippen LogP contribution >= 0.6 is 0 Å². The number of aliphatic carboxylic acids is 1. The van der Waals surface area contributed by atoms with E-state index in [9.17, 15) is 9.90 Å². The van der Waals surface area contributed by atoms with E-state index in [0.29, 0.717) is 12.5 Å². The summed E-state index contributed by atoms with van der Waals surface area (Å²) >= 11 is 0. The third kappa shape index (κ3) is 5.35. The molecule has 0 aromatic heterocycles. The minimum Gasteiger partial charge on any atom is -0.493 e. The molecule has 2 heterocycles. The van der Waals surface area contributed by atoms with Crippen molar-refractivity contribution >= 4 is 5.97 Å². The zero-order valence-electron chi connectivity index (χ0n) is 22.7. The number of fused-ring (bicyclic) bond motifs is 2. The van der Waals surface area contributed by atoms with Crippen molar-refractivity contribution in [2.75, 3.05) is 26.4 Å². The van der Waals surface area contributed by atoms with Crippen molar-refractivity contribution < 1.29 is 28.8 Å². The molecule has 0 amide bonds. The molecule has 0 bridgehead atoms. The van der Waals surface area contributed by atoms with Crippen molar-refractivity contribution in [3.8, 4) is 28.4 Å². The first-order chi connectivity index (χ1) is 19.0. The Morgan fingerprint density at radius 1 is 0.974 bits per heavy atom. The first kappa shape index (κ1) is 25.8. The largest absolute Gasteiger partial charge is 0.493 e. The molecule has 1 aliphatic carbocycles. The molecule has 0 unspecified atom stereocenters. The van der Waals surface area contributed by atoms with Crippen LogP contribution in [-0.2, 0) is 16.0 Å². The molecular weight excluding hydrogens is 492 g/mol. The number of carbonyl (C=O) groups is 1. The molecule has 39 heavy (non-hydrogen) atoms. The van der Waals surface area contributed by atoms with Gasteiger partial charge in [0.15, 0.2) is 0 Å². The Morgan fingerprint density at radius 2 is 1.77 bits per heavy atom. The number of hydrogen-bond acceptors (Lipinski definition) is 5. The lowest BCUT2D eigenvalue weighted by atomic mass is 9.90. The summed E-state index contributed by atoms with van der Waals surface area (Å²) in [6.45, 7) is 7.17. The summed E-state index contributed by atoms with van der Waals surface area (Å²) in [4.78, 5) is 11.2. The van der Waals surface area contributed by atoms with Gasteiger partial charge in [0.25, 0.3) is 0 Å². The summed E-state index contributed by atoms with van der Waals surface area (Å²) in [6.07, 6.45) is 4.05. The Hall–Kier alpha value is -3.51. The van der Waals surface area contributed by atoms with E-state index in [1.54, 1.807) is 0 Å². The van der Waals surface area contributed by atoms with Gasteiger partial charge in [0.2, 0.25) is 0 Å². The minimum atomic E-state index is -0.808. The maximum atomic E-state index is 11.2. The van der Waals surface area contributed by atoms with Crippen LogP contribution in [0.15, 0.2) is 48.5 Å². The average molecular weight is 529 g/mol. The van der Waals surface area contributed by atoms with Crippen LogP contribution in [0.25, 0.3) is 11.1 Å². The number of rotatable bonds is 8. The van der Waals surface area contributed by atoms with E-state index in [4.69, 9.17) is 18.9 Å². The molecule has 1 fully saturated rings. The molecule has 2 aliphatic heterocycles. The standard InChI is InChI=1S/C33H36O6/c1-20-14-25(37-18-22-10-12-36-13-11-22)15-21(2)33(20)29-5-3-4-28-27(29)8-9-30(28)39-24-6-7-26-23(16-32(34)35)19-38-31(26)17-24/h3-7,14-15,17,22-23,30H,8-13,16,18-19H2,1-2H3,(H,34,35)/t23-,30-/m1/s1. The summed E-state index contributed by atoms with van der Waals surface area (Å²) in [5.74, 6) is 2.09. The Balaban J connectivity index is 1.19. The lowest BCUT2D eigenvalue weighted by Crippen LogP contribution is -2.21. The fourth-order valence-corrected chi connectivity index (χ4v) is 6.41. The van der Waals surface area contributed by atoms with Crippen molar-refractivity contribution in [3.05, 3.63) is 76.3 Å². The van der Waals surface area contributed by atoms with Gasteiger partial charge >= 0.3 is 5.97 Å². The van der Waals surface area contributed by atoms with E-state index < -0.39 is 5.97 Å². The second-order valence-corrected chi connectivity index (χ2v) is 11.1. The topological polar surface area (TPSA) is 74.2 Å². The number of hydrogen-bond donors (Lipinski definition) is 1. The predicted molar refractivity (Wildman–Crippen MR) is 149 cm³/mol. The lowest BCUT2D eigenvalue weighted by Gasteiger charge is -2.23. The smallest absolute Gasteiger partial charge is 0.304 e. The third-order valence-electron chi connectivity index (χ3n) is 8.38. The fraction of sp³-hybridized carbons (Fsp3) is 0.424. The molecule has 3 aromatic carbocycles. The highest BCUT2D eigenvalue weighted by molar-refractivity contribution is 5.76. The maximum Gasteiger partial charge on any atom is 0.304 e. The Labute approximate surface area is 229 Å². The molecule has 2 atom stereocenters. The summed E-state index contributed by atoms with van der Waals surface area (Å²) in [6, 6.07) is 16.7. The van der Waals surface area contributed by atoms with E-state index >= 15 is 0 Å². The van der Waals surface area contributed by atoms with Crippen LogP contribution in [0.2, 0.25) is 0 Å². The van der Waals surface area contributed by atoms with E-state index in [0.717, 1.165) is 68.3 Å². The number of aryl methyl sites for hydroxylation is 2. The van der Waals surface area contributed by atoms with Gasteiger partial charge in [-0.2, -0.15) is 0 Å².